The Labute approximate surface area is 116 Å². The summed E-state index contributed by atoms with van der Waals surface area (Å²) in [5, 5.41) is 4.20. The van der Waals surface area contributed by atoms with Crippen molar-refractivity contribution in [2.75, 3.05) is 19.7 Å². The fourth-order valence-corrected chi connectivity index (χ4v) is 2.39. The lowest BCUT2D eigenvalue weighted by Gasteiger charge is -2.28. The maximum Gasteiger partial charge on any atom is 0.373 e. The Morgan fingerprint density at radius 1 is 1.32 bits per heavy atom. The molecule has 1 rings (SSSR count). The Morgan fingerprint density at radius 2 is 2.00 bits per heavy atom. The van der Waals surface area contributed by atoms with Gasteiger partial charge in [-0.1, -0.05) is 13.8 Å². The van der Waals surface area contributed by atoms with Gasteiger partial charge in [-0.2, -0.15) is 6.54 Å². The fourth-order valence-electron chi connectivity index (χ4n) is 2.39. The zero-order valence-electron chi connectivity index (χ0n) is 12.2. The summed E-state index contributed by atoms with van der Waals surface area (Å²) in [6, 6.07) is 0. The van der Waals surface area contributed by atoms with Crippen LogP contribution in [0.5, 0.6) is 0 Å². The molecule has 110 valence electrons. The van der Waals surface area contributed by atoms with Crippen LogP contribution in [0.2, 0.25) is 0 Å². The predicted octanol–water partition coefficient (Wildman–Crippen LogP) is 3.57. The minimum absolute atomic E-state index is 0.122. The minimum Gasteiger partial charge on any atom is -0.662 e. The molecule has 0 aromatic carbocycles. The average molecular weight is 268 g/mol. The van der Waals surface area contributed by atoms with Crippen molar-refractivity contribution in [3.8, 4) is 0 Å². The molecule has 0 bridgehead atoms. The van der Waals surface area contributed by atoms with Gasteiger partial charge in [-0.05, 0) is 45.1 Å². The fraction of sp³-hybridized carbons (Fsp3) is 0.800. The van der Waals surface area contributed by atoms with E-state index in [1.165, 1.54) is 0 Å². The Bertz CT molecular complexity index is 296. The number of nitrogens with zero attached hydrogens (tertiary/aromatic N) is 1. The first kappa shape index (κ1) is 16.0. The second-order valence-corrected chi connectivity index (χ2v) is 5.02. The SMILES string of the molecule is C=C(OCCC[N-]CC)C(=O)OC1(CC)CCCC1. The lowest BCUT2D eigenvalue weighted by molar-refractivity contribution is -0.158. The molecule has 1 aliphatic rings. The van der Waals surface area contributed by atoms with E-state index in [2.05, 4.69) is 18.8 Å². The number of carbonyl (C=O) groups is 1. The standard InChI is InChI=1S/C15H26NO3/c1-4-15(9-6-7-10-15)19-14(17)13(3)18-12-8-11-16-5-2/h3-12H2,1-2H3/q-1. The molecule has 0 saturated heterocycles. The minimum atomic E-state index is -0.406. The number of ether oxygens (including phenoxy) is 2. The zero-order chi connectivity index (χ0) is 14.1. The Balaban J connectivity index is 2.26. The third-order valence-electron chi connectivity index (χ3n) is 3.66. The highest BCUT2D eigenvalue weighted by molar-refractivity contribution is 5.85. The molecule has 0 atom stereocenters. The molecule has 1 aliphatic carbocycles. The number of esters is 1. The van der Waals surface area contributed by atoms with E-state index in [-0.39, 0.29) is 11.4 Å². The van der Waals surface area contributed by atoms with Crippen molar-refractivity contribution >= 4 is 5.97 Å². The molecule has 0 aromatic rings. The molecule has 0 unspecified atom stereocenters. The number of carbonyl (C=O) groups excluding carboxylic acids is 1. The summed E-state index contributed by atoms with van der Waals surface area (Å²) in [4.78, 5) is 11.9. The molecule has 0 amide bonds. The highest BCUT2D eigenvalue weighted by atomic mass is 16.6. The van der Waals surface area contributed by atoms with Crippen molar-refractivity contribution in [2.24, 2.45) is 0 Å². The smallest absolute Gasteiger partial charge is 0.373 e. The number of rotatable bonds is 9. The molecular weight excluding hydrogens is 242 g/mol. The van der Waals surface area contributed by atoms with Crippen LogP contribution >= 0.6 is 0 Å². The Hall–Kier alpha value is -1.03. The van der Waals surface area contributed by atoms with Gasteiger partial charge in [-0.25, -0.2) is 4.79 Å². The van der Waals surface area contributed by atoms with E-state index in [0.717, 1.165) is 51.6 Å². The summed E-state index contributed by atoms with van der Waals surface area (Å²) in [5.41, 5.74) is -0.277. The molecule has 1 fully saturated rings. The van der Waals surface area contributed by atoms with Gasteiger partial charge in [0.15, 0.2) is 5.76 Å². The van der Waals surface area contributed by atoms with E-state index in [1.54, 1.807) is 0 Å². The second-order valence-electron chi connectivity index (χ2n) is 5.02. The summed E-state index contributed by atoms with van der Waals surface area (Å²) < 4.78 is 10.9. The van der Waals surface area contributed by atoms with Crippen LogP contribution in [-0.2, 0) is 14.3 Å². The topological polar surface area (TPSA) is 49.6 Å². The lowest BCUT2D eigenvalue weighted by Crippen LogP contribution is -2.32. The molecular formula is C15H26NO3-. The van der Waals surface area contributed by atoms with Gasteiger partial charge < -0.3 is 14.8 Å². The van der Waals surface area contributed by atoms with Gasteiger partial charge in [0.25, 0.3) is 0 Å². The van der Waals surface area contributed by atoms with Crippen LogP contribution in [0.15, 0.2) is 12.3 Å². The molecule has 4 heteroatoms. The molecule has 0 N–H and O–H groups in total. The predicted molar refractivity (Wildman–Crippen MR) is 76.1 cm³/mol. The van der Waals surface area contributed by atoms with Crippen molar-refractivity contribution in [1.82, 2.24) is 0 Å². The van der Waals surface area contributed by atoms with Crippen LogP contribution in [0.3, 0.4) is 0 Å². The summed E-state index contributed by atoms with van der Waals surface area (Å²) in [6.45, 7) is 9.77. The van der Waals surface area contributed by atoms with Gasteiger partial charge in [0.2, 0.25) is 0 Å². The molecule has 0 heterocycles. The summed E-state index contributed by atoms with van der Waals surface area (Å²) in [5.74, 6) is -0.285. The molecule has 4 nitrogen and oxygen atoms in total. The maximum atomic E-state index is 11.9. The monoisotopic (exact) mass is 268 g/mol. The first-order valence-electron chi connectivity index (χ1n) is 7.32. The molecule has 0 radical (unpaired) electrons. The maximum absolute atomic E-state index is 11.9. The molecule has 0 aromatic heterocycles. The highest BCUT2D eigenvalue weighted by Gasteiger charge is 2.36. The summed E-state index contributed by atoms with van der Waals surface area (Å²) in [6.07, 6.45) is 5.84. The van der Waals surface area contributed by atoms with Crippen molar-refractivity contribution in [2.45, 2.75) is 58.0 Å². The summed E-state index contributed by atoms with van der Waals surface area (Å²) >= 11 is 0. The number of hydrogen-bond acceptors (Lipinski definition) is 3. The molecule has 19 heavy (non-hydrogen) atoms. The van der Waals surface area contributed by atoms with Crippen LogP contribution in [0.1, 0.15) is 52.4 Å². The average Bonchev–Trinajstić information content (AvgIpc) is 2.87. The normalized spacial score (nSPS) is 17.2. The highest BCUT2D eigenvalue weighted by Crippen LogP contribution is 2.36. The van der Waals surface area contributed by atoms with Crippen molar-refractivity contribution in [3.63, 3.8) is 0 Å². The first-order chi connectivity index (χ1) is 9.13. The van der Waals surface area contributed by atoms with Crippen LogP contribution in [-0.4, -0.2) is 31.3 Å². The Kier molecular flexibility index (Phi) is 6.92. The first-order valence-corrected chi connectivity index (χ1v) is 7.32. The third-order valence-corrected chi connectivity index (χ3v) is 3.66. The van der Waals surface area contributed by atoms with E-state index in [1.807, 2.05) is 6.92 Å². The van der Waals surface area contributed by atoms with Gasteiger partial charge in [0.05, 0.1) is 6.61 Å². The van der Waals surface area contributed by atoms with Gasteiger partial charge in [0.1, 0.15) is 5.60 Å². The van der Waals surface area contributed by atoms with Crippen molar-refractivity contribution < 1.29 is 14.3 Å². The molecule has 0 aliphatic heterocycles. The van der Waals surface area contributed by atoms with Gasteiger partial charge in [-0.15, -0.1) is 6.54 Å². The third kappa shape index (κ3) is 5.23. The van der Waals surface area contributed by atoms with Gasteiger partial charge >= 0.3 is 5.97 Å². The van der Waals surface area contributed by atoms with E-state index >= 15 is 0 Å². The van der Waals surface area contributed by atoms with E-state index in [9.17, 15) is 4.79 Å². The molecule has 1 saturated carbocycles. The van der Waals surface area contributed by atoms with Crippen LogP contribution in [0.4, 0.5) is 0 Å². The van der Waals surface area contributed by atoms with E-state index in [4.69, 9.17) is 9.47 Å². The van der Waals surface area contributed by atoms with Crippen molar-refractivity contribution in [3.05, 3.63) is 17.7 Å². The van der Waals surface area contributed by atoms with Gasteiger partial charge in [0, 0.05) is 0 Å². The van der Waals surface area contributed by atoms with E-state index < -0.39 is 5.97 Å². The van der Waals surface area contributed by atoms with Gasteiger partial charge in [-0.3, -0.25) is 0 Å². The van der Waals surface area contributed by atoms with Crippen LogP contribution < -0.4 is 0 Å². The quantitative estimate of drug-likeness (QED) is 0.278. The van der Waals surface area contributed by atoms with Crippen LogP contribution in [0.25, 0.3) is 5.32 Å². The van der Waals surface area contributed by atoms with Crippen molar-refractivity contribution in [1.29, 1.82) is 0 Å². The van der Waals surface area contributed by atoms with Crippen LogP contribution in [0, 0.1) is 0 Å². The largest absolute Gasteiger partial charge is 0.662 e. The zero-order valence-corrected chi connectivity index (χ0v) is 12.2. The Morgan fingerprint density at radius 3 is 2.58 bits per heavy atom. The second kappa shape index (κ2) is 8.20. The molecule has 0 spiro atoms. The van der Waals surface area contributed by atoms with E-state index in [0.29, 0.717) is 6.61 Å². The lowest BCUT2D eigenvalue weighted by atomic mass is 9.99. The number of hydrogen-bond donors (Lipinski definition) is 0. The summed E-state index contributed by atoms with van der Waals surface area (Å²) in [7, 11) is 0.